The van der Waals surface area contributed by atoms with Gasteiger partial charge in [-0.1, -0.05) is 43.7 Å². The molecule has 79 heavy (non-hydrogen) atoms. The zero-order valence-corrected chi connectivity index (χ0v) is 43.7. The number of aromatic nitrogens is 2. The topological polar surface area (TPSA) is 300 Å². The quantitative estimate of drug-likeness (QED) is 0.0235. The molecule has 0 bridgehead atoms. The van der Waals surface area contributed by atoms with E-state index < -0.39 is 84.3 Å². The smallest absolute Gasteiger partial charge is 0.343 e. The predicted molar refractivity (Wildman–Crippen MR) is 277 cm³/mol. The molecule has 1 fully saturated rings. The van der Waals surface area contributed by atoms with Gasteiger partial charge in [-0.25, -0.2) is 14.2 Å². The van der Waals surface area contributed by atoms with Gasteiger partial charge >= 0.3 is 11.9 Å². The lowest BCUT2D eigenvalue weighted by atomic mass is 9.74. The number of esters is 2. The molecule has 0 unspecified atom stereocenters. The molecule has 416 valence electrons. The number of ether oxygens (including phenoxy) is 3. The first-order chi connectivity index (χ1) is 37.9. The standard InChI is InChI=1S/C56H61FN8O14/c1-3-56(76)37-21-42-51-35(25-65(42)54(74)36(37)27-79-55(56)75)50-39(14-13-34-30(2)38(57)22-40(62-51)49(34)50)63-52(72)33-18-32(19-33)26-77-29-60-44(67)23-59-53(73)41(20-31-10-6-4-7-11-31)61-45(68)28-78-48(71)24-58-43(66)12-8-5-9-17-64-46(69)15-16-47(64)70/h4,6-7,10-11,15-16,21-22,32-33,39,41,76H,3,5,8-9,12-14,17-20,23-29H2,1-2H3,(H,58,66)(H,59,73)(H,60,67)(H,61,68)(H,63,72)/t32?,33?,39-,41-,56-/m0/s1. The van der Waals surface area contributed by atoms with Crippen LogP contribution < -0.4 is 32.1 Å². The van der Waals surface area contributed by atoms with Gasteiger partial charge in [-0.15, -0.1) is 0 Å². The van der Waals surface area contributed by atoms with E-state index in [1.165, 1.54) is 22.8 Å². The van der Waals surface area contributed by atoms with Crippen molar-refractivity contribution in [3.8, 4) is 11.4 Å². The highest BCUT2D eigenvalue weighted by molar-refractivity contribution is 6.12. The first-order valence-corrected chi connectivity index (χ1v) is 26.5. The third kappa shape index (κ3) is 12.0. The Morgan fingerprint density at radius 2 is 1.67 bits per heavy atom. The molecule has 22 nitrogen and oxygen atoms in total. The number of hydrogen-bond acceptors (Lipinski definition) is 15. The van der Waals surface area contributed by atoms with Gasteiger partial charge in [0, 0.05) is 60.0 Å². The summed E-state index contributed by atoms with van der Waals surface area (Å²) in [5, 5.41) is 25.4. The second kappa shape index (κ2) is 23.8. The van der Waals surface area contributed by atoms with Crippen LogP contribution in [0, 0.1) is 24.6 Å². The van der Waals surface area contributed by atoms with E-state index in [9.17, 15) is 53.1 Å². The van der Waals surface area contributed by atoms with E-state index >= 15 is 4.39 Å². The van der Waals surface area contributed by atoms with Crippen LogP contribution in [0.25, 0.3) is 22.3 Å². The number of rotatable bonds is 23. The number of carbonyl (C=O) groups is 9. The van der Waals surface area contributed by atoms with Gasteiger partial charge in [-0.2, -0.15) is 0 Å². The average Bonchev–Trinajstić information content (AvgIpc) is 3.59. The Morgan fingerprint density at radius 1 is 0.911 bits per heavy atom. The molecule has 7 amide bonds. The Bertz CT molecular complexity index is 3230. The number of nitrogens with zero attached hydrogens (tertiary/aromatic N) is 3. The summed E-state index contributed by atoms with van der Waals surface area (Å²) >= 11 is 0. The SMILES string of the molecule is CC[C@@]1(O)C(=O)OCc2c1cc1n(c2=O)Cc2c-1nc1cc(F)c(C)c3c1c2[C@@H](NC(=O)C1CC(COCNC(=O)CNC(=O)[C@H](Cc2ccccc2)NC(=O)COC(=O)CNC(=O)CCCCCN2C(=O)C=CC2=O)C1)CC3. The Hall–Kier alpha value is -8.18. The minimum atomic E-state index is -2.02. The summed E-state index contributed by atoms with van der Waals surface area (Å²) in [6, 6.07) is 10.1. The molecule has 0 saturated heterocycles. The highest BCUT2D eigenvalue weighted by Crippen LogP contribution is 2.46. The summed E-state index contributed by atoms with van der Waals surface area (Å²) in [5.74, 6) is -5.87. The molecular formula is C56H61FN8O14. The van der Waals surface area contributed by atoms with E-state index in [2.05, 4.69) is 26.6 Å². The Labute approximate surface area is 452 Å². The number of hydrogen-bond donors (Lipinski definition) is 6. The van der Waals surface area contributed by atoms with E-state index in [0.29, 0.717) is 78.5 Å². The summed E-state index contributed by atoms with van der Waals surface area (Å²) in [7, 11) is 0. The van der Waals surface area contributed by atoms with Crippen LogP contribution in [0.3, 0.4) is 0 Å². The van der Waals surface area contributed by atoms with Crippen molar-refractivity contribution < 1.29 is 66.9 Å². The molecular weight excluding hydrogens is 1030 g/mol. The number of nitrogens with one attached hydrogen (secondary N) is 5. The number of unbranched alkanes of at least 4 members (excludes halogenated alkanes) is 2. The maximum Gasteiger partial charge on any atom is 0.343 e. The van der Waals surface area contributed by atoms with Gasteiger partial charge in [0.1, 0.15) is 31.7 Å². The fourth-order valence-electron chi connectivity index (χ4n) is 10.9. The number of aliphatic hydroxyl groups is 1. The highest BCUT2D eigenvalue weighted by atomic mass is 19.1. The summed E-state index contributed by atoms with van der Waals surface area (Å²) in [5.41, 5.74) is 2.47. The monoisotopic (exact) mass is 1090 g/mol. The number of imide groups is 1. The lowest BCUT2D eigenvalue weighted by Crippen LogP contribution is -2.51. The molecule has 3 aliphatic heterocycles. The predicted octanol–water partition coefficient (Wildman–Crippen LogP) is 1.74. The lowest BCUT2D eigenvalue weighted by molar-refractivity contribution is -0.172. The summed E-state index contributed by atoms with van der Waals surface area (Å²) in [6.45, 7) is 1.77. The number of pyridine rings is 2. The molecule has 5 heterocycles. The second-order valence-electron chi connectivity index (χ2n) is 20.5. The minimum absolute atomic E-state index is 0.0151. The summed E-state index contributed by atoms with van der Waals surface area (Å²) in [6.07, 6.45) is 6.03. The van der Waals surface area contributed by atoms with Crippen LogP contribution in [0.2, 0.25) is 0 Å². The number of amides is 7. The van der Waals surface area contributed by atoms with Gasteiger partial charge < -0.3 is 50.5 Å². The maximum absolute atomic E-state index is 15.4. The summed E-state index contributed by atoms with van der Waals surface area (Å²) in [4.78, 5) is 133. The third-order valence-corrected chi connectivity index (χ3v) is 15.4. The van der Waals surface area contributed by atoms with Gasteiger partial charge in [0.25, 0.3) is 23.3 Å². The molecule has 0 radical (unpaired) electrons. The molecule has 2 aliphatic carbocycles. The third-order valence-electron chi connectivity index (χ3n) is 15.4. The van der Waals surface area contributed by atoms with Crippen LogP contribution in [0.4, 0.5) is 4.39 Å². The van der Waals surface area contributed by atoms with Crippen molar-refractivity contribution in [1.82, 2.24) is 41.0 Å². The van der Waals surface area contributed by atoms with Crippen LogP contribution in [-0.4, -0.2) is 118 Å². The molecule has 0 spiro atoms. The molecule has 3 atom stereocenters. The van der Waals surface area contributed by atoms with Crippen molar-refractivity contribution in [2.45, 2.75) is 109 Å². The molecule has 1 saturated carbocycles. The fraction of sp³-hybridized carbons (Fsp3) is 0.446. The fourth-order valence-corrected chi connectivity index (χ4v) is 10.9. The Morgan fingerprint density at radius 3 is 2.42 bits per heavy atom. The maximum atomic E-state index is 15.4. The van der Waals surface area contributed by atoms with Gasteiger partial charge in [0.15, 0.2) is 12.2 Å². The zero-order valence-electron chi connectivity index (χ0n) is 43.7. The number of halogens is 1. The van der Waals surface area contributed by atoms with Crippen molar-refractivity contribution >= 4 is 64.2 Å². The minimum Gasteiger partial charge on any atom is -0.458 e. The van der Waals surface area contributed by atoms with E-state index in [0.717, 1.165) is 21.4 Å². The molecule has 23 heteroatoms. The number of carbonyl (C=O) groups excluding carboxylic acids is 9. The van der Waals surface area contributed by atoms with E-state index in [1.54, 1.807) is 50.2 Å². The van der Waals surface area contributed by atoms with Crippen LogP contribution >= 0.6 is 0 Å². The molecule has 2 aromatic heterocycles. The summed E-state index contributed by atoms with van der Waals surface area (Å²) < 4.78 is 32.9. The second-order valence-corrected chi connectivity index (χ2v) is 20.5. The number of fused-ring (bicyclic) bond motifs is 5. The first-order valence-electron chi connectivity index (χ1n) is 26.5. The van der Waals surface area contributed by atoms with E-state index in [4.69, 9.17) is 19.2 Å². The van der Waals surface area contributed by atoms with Gasteiger partial charge in [0.2, 0.25) is 23.6 Å². The van der Waals surface area contributed by atoms with E-state index in [-0.39, 0.29) is 93.0 Å². The largest absolute Gasteiger partial charge is 0.458 e. The highest BCUT2D eigenvalue weighted by Gasteiger charge is 2.46. The molecule has 9 rings (SSSR count). The normalized spacial score (nSPS) is 19.8. The molecule has 4 aromatic rings. The van der Waals surface area contributed by atoms with Crippen molar-refractivity contribution in [2.24, 2.45) is 11.8 Å². The average molecular weight is 1090 g/mol. The Balaban J connectivity index is 0.709. The molecule has 2 aromatic carbocycles. The van der Waals surface area contributed by atoms with Crippen molar-refractivity contribution in [3.63, 3.8) is 0 Å². The van der Waals surface area contributed by atoms with Crippen LogP contribution in [0.1, 0.15) is 103 Å². The van der Waals surface area contributed by atoms with Gasteiger partial charge in [0.05, 0.1) is 48.2 Å². The first kappa shape index (κ1) is 55.6. The molecule has 5 aliphatic rings. The van der Waals surface area contributed by atoms with Crippen LogP contribution in [-0.2, 0) is 89.0 Å². The number of cyclic esters (lactones) is 1. The number of benzene rings is 2. The van der Waals surface area contributed by atoms with Crippen molar-refractivity contribution in [2.75, 3.05) is 39.6 Å². The van der Waals surface area contributed by atoms with Gasteiger partial charge in [-0.3, -0.25) is 48.1 Å². The van der Waals surface area contributed by atoms with Crippen molar-refractivity contribution in [1.29, 1.82) is 0 Å². The number of aryl methyl sites for hydroxylation is 1. The van der Waals surface area contributed by atoms with Crippen LogP contribution in [0.15, 0.2) is 59.4 Å². The van der Waals surface area contributed by atoms with Crippen LogP contribution in [0.5, 0.6) is 0 Å². The van der Waals surface area contributed by atoms with E-state index in [1.807, 2.05) is 0 Å². The Kier molecular flexibility index (Phi) is 16.8. The van der Waals surface area contributed by atoms with Crippen molar-refractivity contribution in [3.05, 3.63) is 110 Å². The van der Waals surface area contributed by atoms with Gasteiger partial charge in [-0.05, 0) is 86.1 Å². The lowest BCUT2D eigenvalue weighted by Gasteiger charge is -2.36. The zero-order chi connectivity index (χ0) is 56.1. The molecule has 6 N–H and O–H groups in total.